The monoisotopic (exact) mass is 533 g/mol. The van der Waals surface area contributed by atoms with Crippen molar-refractivity contribution >= 4 is 17.4 Å². The Hall–Kier alpha value is -3.56. The Morgan fingerprint density at radius 1 is 1.08 bits per heavy atom. The van der Waals surface area contributed by atoms with Crippen LogP contribution in [0.15, 0.2) is 71.6 Å². The number of hydroxylamine groups is 2. The van der Waals surface area contributed by atoms with Crippen molar-refractivity contribution in [2.24, 2.45) is 0 Å². The van der Waals surface area contributed by atoms with Crippen LogP contribution in [-0.2, 0) is 20.2 Å². The first-order valence-corrected chi connectivity index (χ1v) is 13.3. The van der Waals surface area contributed by atoms with Gasteiger partial charge in [0.2, 0.25) is 5.91 Å². The smallest absolute Gasteiger partial charge is 0.270 e. The van der Waals surface area contributed by atoms with Gasteiger partial charge in [0, 0.05) is 64.6 Å². The number of ketones is 1. The van der Waals surface area contributed by atoms with Crippen LogP contribution >= 0.6 is 0 Å². The van der Waals surface area contributed by atoms with E-state index in [2.05, 4.69) is 30.1 Å². The number of hydrogen-bond acceptors (Lipinski definition) is 6. The molecule has 3 aliphatic rings. The molecule has 1 N–H and O–H groups in total. The largest absolute Gasteiger partial charge is 0.353 e. The number of fused-ring (bicyclic) bond motifs is 1. The van der Waals surface area contributed by atoms with Crippen LogP contribution in [0, 0.1) is 10.1 Å². The average Bonchev–Trinajstić information content (AvgIpc) is 3.06. The highest BCUT2D eigenvalue weighted by Gasteiger charge is 2.46. The normalized spacial score (nSPS) is 24.1. The lowest BCUT2D eigenvalue weighted by Gasteiger charge is -2.50. The predicted octanol–water partition coefficient (Wildman–Crippen LogP) is 4.77. The topological polar surface area (TPSA) is 116 Å². The predicted molar refractivity (Wildman–Crippen MR) is 149 cm³/mol. The van der Waals surface area contributed by atoms with Crippen molar-refractivity contribution in [1.29, 1.82) is 0 Å². The van der Waals surface area contributed by atoms with Gasteiger partial charge >= 0.3 is 0 Å². The molecule has 2 aliphatic heterocycles. The van der Waals surface area contributed by atoms with Gasteiger partial charge in [-0.2, -0.15) is 0 Å². The van der Waals surface area contributed by atoms with Crippen molar-refractivity contribution in [1.82, 2.24) is 10.4 Å². The summed E-state index contributed by atoms with van der Waals surface area (Å²) >= 11 is 0. The second kappa shape index (κ2) is 10.2. The number of amides is 1. The molecule has 9 nitrogen and oxygen atoms in total. The van der Waals surface area contributed by atoms with Crippen LogP contribution in [0.2, 0.25) is 0 Å². The van der Waals surface area contributed by atoms with E-state index in [9.17, 15) is 24.9 Å². The highest BCUT2D eigenvalue weighted by atomic mass is 16.6. The van der Waals surface area contributed by atoms with E-state index in [0.29, 0.717) is 19.4 Å². The van der Waals surface area contributed by atoms with Gasteiger partial charge in [-0.25, -0.2) is 0 Å². The minimum Gasteiger partial charge on any atom is -0.353 e. The third-order valence-electron chi connectivity index (χ3n) is 7.94. The highest BCUT2D eigenvalue weighted by Crippen LogP contribution is 2.47. The molecule has 2 heterocycles. The number of para-hydroxylation sites is 1. The van der Waals surface area contributed by atoms with Gasteiger partial charge in [0.1, 0.15) is 0 Å². The molecule has 0 saturated carbocycles. The molecule has 0 atom stereocenters. The lowest BCUT2D eigenvalue weighted by molar-refractivity contribution is -0.419. The number of carbonyl (C=O) groups excluding carboxylic acids is 2. The fourth-order valence-electron chi connectivity index (χ4n) is 6.21. The Morgan fingerprint density at radius 2 is 1.72 bits per heavy atom. The summed E-state index contributed by atoms with van der Waals surface area (Å²) in [6.07, 6.45) is 8.53. The van der Waals surface area contributed by atoms with E-state index >= 15 is 0 Å². The summed E-state index contributed by atoms with van der Waals surface area (Å²) in [5, 5.41) is 28.2. The summed E-state index contributed by atoms with van der Waals surface area (Å²) in [5.41, 5.74) is 1.50. The number of allylic oxidation sites excluding steroid dienone is 7. The van der Waals surface area contributed by atoms with Crippen molar-refractivity contribution in [2.75, 3.05) is 11.4 Å². The molecule has 39 heavy (non-hydrogen) atoms. The first-order chi connectivity index (χ1) is 18.1. The van der Waals surface area contributed by atoms with Crippen molar-refractivity contribution in [3.8, 4) is 0 Å². The molecule has 4 rings (SSSR count). The van der Waals surface area contributed by atoms with Crippen LogP contribution in [-0.4, -0.2) is 45.3 Å². The number of piperidine rings is 1. The van der Waals surface area contributed by atoms with Crippen molar-refractivity contribution in [3.05, 3.63) is 87.3 Å². The number of carbonyl (C=O) groups is 2. The highest BCUT2D eigenvalue weighted by molar-refractivity contribution is 6.07. The van der Waals surface area contributed by atoms with E-state index < -0.39 is 21.4 Å². The second-order valence-corrected chi connectivity index (χ2v) is 12.3. The zero-order valence-corrected chi connectivity index (χ0v) is 23.5. The van der Waals surface area contributed by atoms with Crippen molar-refractivity contribution in [3.63, 3.8) is 0 Å². The Bertz CT molecular complexity index is 1300. The molecule has 0 aromatic heterocycles. The summed E-state index contributed by atoms with van der Waals surface area (Å²) in [6.45, 7) is 12.2. The summed E-state index contributed by atoms with van der Waals surface area (Å²) in [5.74, 6) is -0.385. The van der Waals surface area contributed by atoms with Crippen LogP contribution in [0.1, 0.15) is 66.4 Å². The van der Waals surface area contributed by atoms with E-state index in [0.717, 1.165) is 22.0 Å². The number of nitro groups is 1. The molecule has 1 aromatic rings. The second-order valence-electron chi connectivity index (χ2n) is 12.3. The van der Waals surface area contributed by atoms with Gasteiger partial charge in [0.05, 0.1) is 4.92 Å². The first kappa shape index (κ1) is 28.4. The number of nitrogens with one attached hydrogen (secondary N) is 1. The van der Waals surface area contributed by atoms with E-state index in [4.69, 9.17) is 0 Å². The lowest BCUT2D eigenvalue weighted by atomic mass is 9.79. The van der Waals surface area contributed by atoms with Gasteiger partial charge in [-0.15, -0.1) is 10.3 Å². The molecular weight excluding hydrogens is 496 g/mol. The minimum absolute atomic E-state index is 0.0861. The molecule has 0 bridgehead atoms. The fraction of sp³-hybridized carbons (Fsp3) is 0.467. The molecular formula is C30H37N4O5. The van der Waals surface area contributed by atoms with Crippen LogP contribution in [0.5, 0.6) is 0 Å². The molecule has 1 radical (unpaired) electrons. The molecule has 1 saturated heterocycles. The van der Waals surface area contributed by atoms with Gasteiger partial charge in [0.25, 0.3) is 5.70 Å². The van der Waals surface area contributed by atoms with Crippen LogP contribution in [0.3, 0.4) is 0 Å². The molecule has 0 unspecified atom stereocenters. The van der Waals surface area contributed by atoms with E-state index in [1.54, 1.807) is 6.08 Å². The van der Waals surface area contributed by atoms with Crippen molar-refractivity contribution in [2.45, 2.75) is 83.3 Å². The summed E-state index contributed by atoms with van der Waals surface area (Å²) in [4.78, 5) is 38.3. The number of rotatable bonds is 6. The molecule has 207 valence electrons. The Balaban J connectivity index is 1.56. The zero-order valence-electron chi connectivity index (χ0n) is 23.5. The third-order valence-corrected chi connectivity index (χ3v) is 7.94. The van der Waals surface area contributed by atoms with Gasteiger partial charge in [-0.05, 0) is 70.4 Å². The van der Waals surface area contributed by atoms with Crippen LogP contribution in [0.4, 0.5) is 5.69 Å². The molecule has 1 aliphatic carbocycles. The number of benzene rings is 1. The Labute approximate surface area is 229 Å². The maximum Gasteiger partial charge on any atom is 0.270 e. The maximum atomic E-state index is 13.1. The lowest BCUT2D eigenvalue weighted by Crippen LogP contribution is -2.62. The van der Waals surface area contributed by atoms with Crippen molar-refractivity contribution < 1.29 is 19.7 Å². The standard InChI is InChI=1S/C30H37N4O5/c1-28(2)18-21(19-29(3,4)34(28)39)31-27(36)15-16-32-24-10-8-7-9-23(24)30(5,6)26(32)14-11-20-17-22(33(37)38)12-13-25(20)35/h7-14,17,21H,15-16,18-19H2,1-6H3,(H,31,36)/b20-11+,26-14-. The summed E-state index contributed by atoms with van der Waals surface area (Å²) in [7, 11) is 0. The number of anilines is 1. The van der Waals surface area contributed by atoms with E-state index in [-0.39, 0.29) is 35.4 Å². The third kappa shape index (κ3) is 5.60. The maximum absolute atomic E-state index is 13.1. The minimum atomic E-state index is -0.573. The van der Waals surface area contributed by atoms with E-state index in [1.807, 2.05) is 52.0 Å². The van der Waals surface area contributed by atoms with Crippen LogP contribution in [0.25, 0.3) is 0 Å². The number of nitrogens with zero attached hydrogens (tertiary/aromatic N) is 3. The van der Waals surface area contributed by atoms with Gasteiger partial charge in [-0.1, -0.05) is 32.0 Å². The molecule has 1 amide bonds. The number of hydrogen-bond donors (Lipinski definition) is 1. The summed E-state index contributed by atoms with van der Waals surface area (Å²) < 4.78 is 0. The summed E-state index contributed by atoms with van der Waals surface area (Å²) in [6, 6.07) is 7.89. The van der Waals surface area contributed by atoms with Gasteiger partial charge < -0.3 is 10.2 Å². The quantitative estimate of drug-likeness (QED) is 0.320. The molecule has 9 heteroatoms. The Kier molecular flexibility index (Phi) is 7.44. The molecule has 1 aromatic carbocycles. The molecule has 1 fully saturated rings. The SMILES string of the molecule is CC1(C)/C(=C/C=C2\C=C([N+](=O)[O-])C=CC2=O)N(CCC(=O)NC2CC(C)(C)N([O])C(C)(C)C2)c2ccccc21. The Morgan fingerprint density at radius 3 is 2.36 bits per heavy atom. The van der Waals surface area contributed by atoms with Gasteiger partial charge in [0.15, 0.2) is 5.78 Å². The zero-order chi connectivity index (χ0) is 28.8. The van der Waals surface area contributed by atoms with Crippen LogP contribution < -0.4 is 10.2 Å². The fourth-order valence-corrected chi connectivity index (χ4v) is 6.21. The van der Waals surface area contributed by atoms with E-state index in [1.165, 1.54) is 18.2 Å². The van der Waals surface area contributed by atoms with Gasteiger partial charge in [-0.3, -0.25) is 19.7 Å². The first-order valence-electron chi connectivity index (χ1n) is 13.3. The average molecular weight is 534 g/mol. The molecule has 0 spiro atoms.